The van der Waals surface area contributed by atoms with Crippen LogP contribution in [0.25, 0.3) is 0 Å². The van der Waals surface area contributed by atoms with E-state index in [-0.39, 0.29) is 65.9 Å². The Labute approximate surface area is 269 Å². The Morgan fingerprint density at radius 2 is 1.53 bits per heavy atom. The van der Waals surface area contributed by atoms with E-state index >= 15 is 0 Å². The second-order valence-electron chi connectivity index (χ2n) is 15.1. The molecule has 15 atom stereocenters. The monoisotopic (exact) mass is 640 g/mol. The maximum Gasteiger partial charge on any atom is 0.308 e. The number of carbonyl (C=O) groups excluding carboxylic acids is 2. The van der Waals surface area contributed by atoms with E-state index in [1.54, 1.807) is 20.8 Å². The number of ketones is 2. The number of carboxylic acid groups (broad SMARTS) is 1. The molecule has 3 fully saturated rings. The zero-order valence-electron chi connectivity index (χ0n) is 28.9. The first-order valence-corrected chi connectivity index (χ1v) is 17.2. The van der Waals surface area contributed by atoms with E-state index in [1.807, 2.05) is 13.8 Å². The average molecular weight is 641 g/mol. The number of carbonyl (C=O) groups is 3. The van der Waals surface area contributed by atoms with Crippen LogP contribution in [0.5, 0.6) is 0 Å². The van der Waals surface area contributed by atoms with Crippen molar-refractivity contribution in [2.75, 3.05) is 0 Å². The predicted octanol–water partition coefficient (Wildman–Crippen LogP) is 4.33. The molecule has 45 heavy (non-hydrogen) atoms. The highest BCUT2D eigenvalue weighted by atomic mass is 16.6. The molecule has 3 aliphatic rings. The molecule has 0 aliphatic carbocycles. The Bertz CT molecular complexity index is 1030. The van der Waals surface area contributed by atoms with Gasteiger partial charge in [-0.2, -0.15) is 0 Å². The molecule has 3 heterocycles. The molecule has 10 heteroatoms. The Hall–Kier alpha value is -1.43. The minimum Gasteiger partial charge on any atom is -0.481 e. The molecular weight excluding hydrogens is 580 g/mol. The second kappa shape index (κ2) is 15.2. The maximum absolute atomic E-state index is 12.7. The molecule has 0 aromatic heterocycles. The molecule has 3 aliphatic heterocycles. The van der Waals surface area contributed by atoms with Gasteiger partial charge in [0.2, 0.25) is 0 Å². The standard InChI is InChI=1S/C35H60O10/c1-10-35(32(45-35)20(4)16-27-31(43-27)19(3)15-18(2)24(8)36)14-12-28-34(9,44-28)13-11-25(37)17-26(38)21(5)29(39)22(6)30(40)23(7)33(41)42/h18-23,26-32,38-40H,10-17H2,1-9H3,(H,41,42)/t18-,19+,20+,21-,22-,23+,26+,27+,28-,29+,30-,31+,32-,34-,35-/m1/s1. The summed E-state index contributed by atoms with van der Waals surface area (Å²) < 4.78 is 18.4. The van der Waals surface area contributed by atoms with Crippen molar-refractivity contribution < 1.29 is 49.0 Å². The summed E-state index contributed by atoms with van der Waals surface area (Å²) in [5, 5.41) is 40.7. The van der Waals surface area contributed by atoms with Gasteiger partial charge in [0.1, 0.15) is 11.6 Å². The van der Waals surface area contributed by atoms with Crippen LogP contribution in [0.15, 0.2) is 0 Å². The fraction of sp³-hybridized carbons (Fsp3) is 0.914. The lowest BCUT2D eigenvalue weighted by Crippen LogP contribution is -2.43. The van der Waals surface area contributed by atoms with E-state index in [9.17, 15) is 29.7 Å². The smallest absolute Gasteiger partial charge is 0.308 e. The predicted molar refractivity (Wildman–Crippen MR) is 168 cm³/mol. The summed E-state index contributed by atoms with van der Waals surface area (Å²) in [4.78, 5) is 35.5. The molecule has 0 aromatic carbocycles. The molecule has 0 amide bonds. The lowest BCUT2D eigenvalue weighted by atomic mass is 9.81. The Morgan fingerprint density at radius 3 is 2.11 bits per heavy atom. The van der Waals surface area contributed by atoms with Crippen molar-refractivity contribution in [2.24, 2.45) is 35.5 Å². The summed E-state index contributed by atoms with van der Waals surface area (Å²) in [6, 6.07) is 0. The first-order valence-electron chi connectivity index (χ1n) is 17.2. The van der Waals surface area contributed by atoms with Crippen molar-refractivity contribution in [1.82, 2.24) is 0 Å². The topological polar surface area (TPSA) is 170 Å². The summed E-state index contributed by atoms with van der Waals surface area (Å²) in [6.07, 6.45) is 2.34. The third-order valence-electron chi connectivity index (χ3n) is 11.5. The summed E-state index contributed by atoms with van der Waals surface area (Å²) in [5.74, 6) is -2.81. The largest absolute Gasteiger partial charge is 0.481 e. The zero-order valence-corrected chi connectivity index (χ0v) is 28.9. The van der Waals surface area contributed by atoms with E-state index in [0.29, 0.717) is 18.3 Å². The number of epoxide rings is 3. The number of aliphatic hydroxyl groups is 3. The minimum atomic E-state index is -1.28. The normalized spacial score (nSPS) is 34.8. The van der Waals surface area contributed by atoms with Gasteiger partial charge in [-0.15, -0.1) is 0 Å². The van der Waals surface area contributed by atoms with Crippen LogP contribution in [0.1, 0.15) is 114 Å². The zero-order chi connectivity index (χ0) is 34.0. The van der Waals surface area contributed by atoms with E-state index in [1.165, 1.54) is 6.92 Å². The fourth-order valence-electron chi connectivity index (χ4n) is 7.38. The van der Waals surface area contributed by atoms with Gasteiger partial charge in [0.25, 0.3) is 0 Å². The van der Waals surface area contributed by atoms with Gasteiger partial charge in [-0.25, -0.2) is 0 Å². The van der Waals surface area contributed by atoms with Crippen molar-refractivity contribution in [3.05, 3.63) is 0 Å². The molecule has 3 rings (SSSR count). The number of Topliss-reactive ketones (excluding diaryl/α,β-unsaturated/α-hetero) is 2. The lowest BCUT2D eigenvalue weighted by Gasteiger charge is -2.32. The fourth-order valence-corrected chi connectivity index (χ4v) is 7.38. The molecule has 0 spiro atoms. The first-order chi connectivity index (χ1) is 20.9. The van der Waals surface area contributed by atoms with Crippen molar-refractivity contribution in [2.45, 2.75) is 168 Å². The third-order valence-corrected chi connectivity index (χ3v) is 11.5. The summed E-state index contributed by atoms with van der Waals surface area (Å²) in [7, 11) is 0. The molecule has 0 aromatic rings. The number of hydrogen-bond donors (Lipinski definition) is 4. The highest BCUT2D eigenvalue weighted by Gasteiger charge is 2.60. The molecule has 10 nitrogen and oxygen atoms in total. The summed E-state index contributed by atoms with van der Waals surface area (Å²) in [5.41, 5.74) is -0.528. The van der Waals surface area contributed by atoms with Crippen LogP contribution in [-0.4, -0.2) is 91.9 Å². The minimum absolute atomic E-state index is 0.0540. The van der Waals surface area contributed by atoms with Crippen molar-refractivity contribution >= 4 is 17.5 Å². The molecule has 0 bridgehead atoms. The van der Waals surface area contributed by atoms with Gasteiger partial charge in [-0.05, 0) is 71.1 Å². The van der Waals surface area contributed by atoms with Gasteiger partial charge in [0.15, 0.2) is 0 Å². The van der Waals surface area contributed by atoms with Gasteiger partial charge in [-0.1, -0.05) is 41.5 Å². The van der Waals surface area contributed by atoms with Crippen LogP contribution in [0.3, 0.4) is 0 Å². The number of aliphatic carboxylic acids is 1. The second-order valence-corrected chi connectivity index (χ2v) is 15.1. The summed E-state index contributed by atoms with van der Waals surface area (Å²) >= 11 is 0. The maximum atomic E-state index is 12.7. The number of hydrogen-bond acceptors (Lipinski definition) is 9. The highest BCUT2D eigenvalue weighted by Crippen LogP contribution is 2.53. The van der Waals surface area contributed by atoms with Crippen LogP contribution in [0.4, 0.5) is 0 Å². The SMILES string of the molecule is CC[C@]1(CC[C@H]2O[C@]2(C)CCC(=O)C[C@H](O)[C@@H](C)[C@H](O)[C@@H](C)[C@@H](O)[C@H](C)C(=O)O)O[C@@H]1[C@@H](C)C[C@@H]1O[C@H]1[C@@H](C)C[C@@H](C)C(C)=O. The summed E-state index contributed by atoms with van der Waals surface area (Å²) in [6.45, 7) is 16.7. The number of aliphatic hydroxyl groups excluding tert-OH is 3. The van der Waals surface area contributed by atoms with Crippen LogP contribution < -0.4 is 0 Å². The number of ether oxygens (including phenoxy) is 3. The van der Waals surface area contributed by atoms with Gasteiger partial charge < -0.3 is 34.6 Å². The highest BCUT2D eigenvalue weighted by molar-refractivity contribution is 5.79. The molecule has 0 radical (unpaired) electrons. The first kappa shape index (κ1) is 38.0. The Morgan fingerprint density at radius 1 is 0.889 bits per heavy atom. The quantitative estimate of drug-likeness (QED) is 0.125. The van der Waals surface area contributed by atoms with Crippen molar-refractivity contribution in [1.29, 1.82) is 0 Å². The van der Waals surface area contributed by atoms with Crippen LogP contribution >= 0.6 is 0 Å². The van der Waals surface area contributed by atoms with Gasteiger partial charge in [-0.3, -0.25) is 14.4 Å². The molecule has 260 valence electrons. The van der Waals surface area contributed by atoms with Gasteiger partial charge in [0, 0.05) is 30.6 Å². The Balaban J connectivity index is 1.37. The average Bonchev–Trinajstić information content (AvgIpc) is 3.92. The molecular formula is C35H60O10. The van der Waals surface area contributed by atoms with E-state index in [2.05, 4.69) is 20.8 Å². The Kier molecular flexibility index (Phi) is 12.8. The van der Waals surface area contributed by atoms with Gasteiger partial charge >= 0.3 is 5.97 Å². The van der Waals surface area contributed by atoms with E-state index < -0.39 is 42.0 Å². The molecule has 0 unspecified atom stereocenters. The number of carboxylic acids is 1. The van der Waals surface area contributed by atoms with Crippen molar-refractivity contribution in [3.63, 3.8) is 0 Å². The number of rotatable bonds is 22. The molecule has 0 saturated carbocycles. The van der Waals surface area contributed by atoms with Gasteiger partial charge in [0.05, 0.1) is 59.8 Å². The lowest BCUT2D eigenvalue weighted by molar-refractivity contribution is -0.148. The van der Waals surface area contributed by atoms with Crippen LogP contribution in [-0.2, 0) is 28.6 Å². The van der Waals surface area contributed by atoms with Crippen LogP contribution in [0.2, 0.25) is 0 Å². The molecule has 4 N–H and O–H groups in total. The van der Waals surface area contributed by atoms with E-state index in [0.717, 1.165) is 32.1 Å². The third kappa shape index (κ3) is 9.57. The van der Waals surface area contributed by atoms with Crippen LogP contribution in [0, 0.1) is 35.5 Å². The van der Waals surface area contributed by atoms with E-state index in [4.69, 9.17) is 19.3 Å². The van der Waals surface area contributed by atoms with Crippen molar-refractivity contribution in [3.8, 4) is 0 Å². The molecule has 3 saturated heterocycles.